The molecule has 0 aliphatic heterocycles. The number of benzene rings is 2. The lowest BCUT2D eigenvalue weighted by Crippen LogP contribution is -2.17. The van der Waals surface area contributed by atoms with Crippen molar-refractivity contribution in [1.29, 1.82) is 0 Å². The number of nitrogens with zero attached hydrogens (tertiary/aromatic N) is 1. The summed E-state index contributed by atoms with van der Waals surface area (Å²) in [7, 11) is 2.58. The van der Waals surface area contributed by atoms with Crippen molar-refractivity contribution in [3.05, 3.63) is 57.6 Å². The number of rotatable bonds is 6. The van der Waals surface area contributed by atoms with Crippen LogP contribution in [0.2, 0.25) is 0 Å². The van der Waals surface area contributed by atoms with Gasteiger partial charge in [-0.1, -0.05) is 18.2 Å². The van der Waals surface area contributed by atoms with Crippen molar-refractivity contribution in [2.45, 2.75) is 6.61 Å². The number of hydrogen-bond donors (Lipinski definition) is 2. The molecule has 0 atom stereocenters. The molecule has 0 bridgehead atoms. The largest absolute Gasteiger partial charge is 0.496 e. The van der Waals surface area contributed by atoms with Gasteiger partial charge in [-0.3, -0.25) is 14.9 Å². The normalized spacial score (nSPS) is 10.1. The number of nitrogens with one attached hydrogen (secondary N) is 1. The third-order valence-corrected chi connectivity index (χ3v) is 3.39. The Morgan fingerprint density at radius 1 is 1.17 bits per heavy atom. The number of anilines is 1. The van der Waals surface area contributed by atoms with Crippen molar-refractivity contribution in [3.8, 4) is 11.5 Å². The first kappa shape index (κ1) is 17.2. The van der Waals surface area contributed by atoms with Gasteiger partial charge in [-0.25, -0.2) is 0 Å². The molecule has 126 valence electrons. The summed E-state index contributed by atoms with van der Waals surface area (Å²) < 4.78 is 10.1. The molecular formula is C16H16N2O6. The van der Waals surface area contributed by atoms with Gasteiger partial charge in [0.1, 0.15) is 5.75 Å². The Morgan fingerprint density at radius 2 is 1.79 bits per heavy atom. The molecule has 0 saturated heterocycles. The summed E-state index contributed by atoms with van der Waals surface area (Å²) in [6, 6.07) is 9.37. The van der Waals surface area contributed by atoms with E-state index in [4.69, 9.17) is 9.47 Å². The van der Waals surface area contributed by atoms with E-state index in [0.29, 0.717) is 11.3 Å². The van der Waals surface area contributed by atoms with Crippen molar-refractivity contribution in [3.63, 3.8) is 0 Å². The minimum Gasteiger partial charge on any atom is -0.496 e. The van der Waals surface area contributed by atoms with Gasteiger partial charge in [0.05, 0.1) is 25.7 Å². The van der Waals surface area contributed by atoms with E-state index in [0.717, 1.165) is 0 Å². The summed E-state index contributed by atoms with van der Waals surface area (Å²) in [5.74, 6) is -0.749. The maximum atomic E-state index is 12.6. The van der Waals surface area contributed by atoms with Crippen LogP contribution in [0.25, 0.3) is 0 Å². The quantitative estimate of drug-likeness (QED) is 0.620. The minimum absolute atomic E-state index is 0.0430. The fraction of sp³-hybridized carbons (Fsp3) is 0.188. The number of amides is 1. The number of nitro benzene ring substituents is 1. The summed E-state index contributed by atoms with van der Waals surface area (Å²) in [4.78, 5) is 23.3. The van der Waals surface area contributed by atoms with Crippen LogP contribution in [0.15, 0.2) is 36.4 Å². The van der Waals surface area contributed by atoms with Gasteiger partial charge in [-0.05, 0) is 18.2 Å². The highest BCUT2D eigenvalue weighted by Gasteiger charge is 2.30. The Morgan fingerprint density at radius 3 is 2.38 bits per heavy atom. The van der Waals surface area contributed by atoms with Crippen molar-refractivity contribution in [1.82, 2.24) is 0 Å². The molecule has 0 aliphatic rings. The molecule has 0 heterocycles. The molecular weight excluding hydrogens is 316 g/mol. The lowest BCUT2D eigenvalue weighted by molar-refractivity contribution is -0.386. The lowest BCUT2D eigenvalue weighted by atomic mass is 10.1. The van der Waals surface area contributed by atoms with Crippen LogP contribution >= 0.6 is 0 Å². The molecule has 1 amide bonds. The van der Waals surface area contributed by atoms with Gasteiger partial charge in [0.2, 0.25) is 0 Å². The van der Waals surface area contributed by atoms with E-state index in [9.17, 15) is 20.0 Å². The number of hydrogen-bond acceptors (Lipinski definition) is 6. The summed E-state index contributed by atoms with van der Waals surface area (Å²) in [6.45, 7) is -0.284. The first-order valence-electron chi connectivity index (χ1n) is 6.93. The summed E-state index contributed by atoms with van der Waals surface area (Å²) in [5.41, 5.74) is 0.0879. The van der Waals surface area contributed by atoms with Crippen molar-refractivity contribution in [2.24, 2.45) is 0 Å². The van der Waals surface area contributed by atoms with Crippen molar-refractivity contribution in [2.75, 3.05) is 19.5 Å². The highest BCUT2D eigenvalue weighted by molar-refractivity contribution is 6.10. The molecule has 0 unspecified atom stereocenters. The Labute approximate surface area is 137 Å². The average Bonchev–Trinajstić information content (AvgIpc) is 2.60. The molecule has 0 radical (unpaired) electrons. The number of ether oxygens (including phenoxy) is 2. The molecule has 0 aromatic heterocycles. The van der Waals surface area contributed by atoms with Gasteiger partial charge in [-0.2, -0.15) is 0 Å². The van der Waals surface area contributed by atoms with Crippen molar-refractivity contribution >= 4 is 17.3 Å². The maximum Gasteiger partial charge on any atom is 0.327 e. The first-order valence-corrected chi connectivity index (χ1v) is 6.93. The zero-order chi connectivity index (χ0) is 17.7. The second-order valence-electron chi connectivity index (χ2n) is 4.72. The fourth-order valence-corrected chi connectivity index (χ4v) is 2.25. The second-order valence-corrected chi connectivity index (χ2v) is 4.72. The van der Waals surface area contributed by atoms with E-state index in [2.05, 4.69) is 5.32 Å². The number of para-hydroxylation sites is 1. The number of nitro groups is 1. The van der Waals surface area contributed by atoms with Crippen LogP contribution in [-0.2, 0) is 6.61 Å². The molecule has 24 heavy (non-hydrogen) atoms. The van der Waals surface area contributed by atoms with Gasteiger partial charge in [-0.15, -0.1) is 0 Å². The van der Waals surface area contributed by atoms with E-state index < -0.39 is 16.5 Å². The highest BCUT2D eigenvalue weighted by Crippen LogP contribution is 2.37. The molecule has 2 N–H and O–H groups in total. The maximum absolute atomic E-state index is 12.6. The van der Waals surface area contributed by atoms with E-state index >= 15 is 0 Å². The SMILES string of the molecule is COc1ccc(OC)c([N+](=O)[O-])c1C(=O)Nc1ccccc1CO. The number of aliphatic hydroxyl groups is 1. The first-order chi connectivity index (χ1) is 11.5. The van der Waals surface area contributed by atoms with Gasteiger partial charge in [0, 0.05) is 11.3 Å². The molecule has 0 spiro atoms. The van der Waals surface area contributed by atoms with E-state index in [-0.39, 0.29) is 23.7 Å². The second kappa shape index (κ2) is 7.42. The topological polar surface area (TPSA) is 111 Å². The molecule has 8 heteroatoms. The van der Waals surface area contributed by atoms with Crippen LogP contribution in [0, 0.1) is 10.1 Å². The van der Waals surface area contributed by atoms with Crippen LogP contribution in [0.4, 0.5) is 11.4 Å². The Kier molecular flexibility index (Phi) is 5.33. The Hall–Kier alpha value is -3.13. The molecule has 8 nitrogen and oxygen atoms in total. The summed E-state index contributed by atoms with van der Waals surface area (Å²) >= 11 is 0. The fourth-order valence-electron chi connectivity index (χ4n) is 2.25. The number of methoxy groups -OCH3 is 2. The number of carbonyl (C=O) groups is 1. The van der Waals surface area contributed by atoms with Crippen LogP contribution in [0.1, 0.15) is 15.9 Å². The molecule has 2 rings (SSSR count). The van der Waals surface area contributed by atoms with E-state index in [1.54, 1.807) is 24.3 Å². The highest BCUT2D eigenvalue weighted by atomic mass is 16.6. The predicted molar refractivity (Wildman–Crippen MR) is 86.5 cm³/mol. The third kappa shape index (κ3) is 3.28. The van der Waals surface area contributed by atoms with Crippen molar-refractivity contribution < 1.29 is 24.3 Å². The van der Waals surface area contributed by atoms with Gasteiger partial charge < -0.3 is 19.9 Å². The van der Waals surface area contributed by atoms with Crippen LogP contribution < -0.4 is 14.8 Å². The Balaban J connectivity index is 2.53. The van der Waals surface area contributed by atoms with Crippen LogP contribution in [0.5, 0.6) is 11.5 Å². The Bertz CT molecular complexity index is 775. The monoisotopic (exact) mass is 332 g/mol. The summed E-state index contributed by atoms with van der Waals surface area (Å²) in [6.07, 6.45) is 0. The van der Waals surface area contributed by atoms with Gasteiger partial charge in [0.25, 0.3) is 5.91 Å². The number of carbonyl (C=O) groups excluding carboxylic acids is 1. The van der Waals surface area contributed by atoms with Crippen LogP contribution in [0.3, 0.4) is 0 Å². The van der Waals surface area contributed by atoms with Gasteiger partial charge in [0.15, 0.2) is 11.3 Å². The zero-order valence-electron chi connectivity index (χ0n) is 13.1. The molecule has 2 aromatic rings. The van der Waals surface area contributed by atoms with Crippen LogP contribution in [-0.4, -0.2) is 30.2 Å². The standard InChI is InChI=1S/C16H16N2O6/c1-23-12-7-8-13(24-2)15(18(21)22)14(12)16(20)17-11-6-4-3-5-10(11)9-19/h3-8,19H,9H2,1-2H3,(H,17,20). The average molecular weight is 332 g/mol. The van der Waals surface area contributed by atoms with Gasteiger partial charge >= 0.3 is 5.69 Å². The third-order valence-electron chi connectivity index (χ3n) is 3.39. The zero-order valence-corrected chi connectivity index (χ0v) is 13.1. The molecule has 0 aliphatic carbocycles. The lowest BCUT2D eigenvalue weighted by Gasteiger charge is -2.13. The molecule has 2 aromatic carbocycles. The molecule has 0 fully saturated rings. The van der Waals surface area contributed by atoms with E-state index in [1.807, 2.05) is 0 Å². The predicted octanol–water partition coefficient (Wildman–Crippen LogP) is 2.36. The smallest absolute Gasteiger partial charge is 0.327 e. The minimum atomic E-state index is -0.738. The number of aliphatic hydroxyl groups excluding tert-OH is 1. The van der Waals surface area contributed by atoms with E-state index in [1.165, 1.54) is 26.4 Å². The summed E-state index contributed by atoms with van der Waals surface area (Å²) in [5, 5.41) is 23.3. The molecule has 0 saturated carbocycles.